The van der Waals surface area contributed by atoms with E-state index < -0.39 is 5.91 Å². The average Bonchev–Trinajstić information content (AvgIpc) is 2.59. The number of aromatic nitrogens is 1. The van der Waals surface area contributed by atoms with Crippen LogP contribution in [0.1, 0.15) is 41.9 Å². The number of nitrogens with two attached hydrogens (primary N) is 1. The lowest BCUT2D eigenvalue weighted by Crippen LogP contribution is -2.19. The third kappa shape index (κ3) is 4.72. The molecule has 1 rings (SSSR count). The van der Waals surface area contributed by atoms with Gasteiger partial charge in [0.2, 0.25) is 0 Å². The second-order valence-electron chi connectivity index (χ2n) is 4.98. The smallest absolute Gasteiger partial charge is 0.277 e. The van der Waals surface area contributed by atoms with Crippen molar-refractivity contribution in [1.29, 1.82) is 0 Å². The lowest BCUT2D eigenvalue weighted by Gasteiger charge is -2.17. The van der Waals surface area contributed by atoms with Gasteiger partial charge in [0.05, 0.1) is 0 Å². The summed E-state index contributed by atoms with van der Waals surface area (Å²) in [7, 11) is 0. The van der Waals surface area contributed by atoms with Crippen molar-refractivity contribution in [3.63, 3.8) is 0 Å². The molecule has 0 unspecified atom stereocenters. The molecule has 1 amide bonds. The Bertz CT molecular complexity index is 354. The van der Waals surface area contributed by atoms with Crippen LogP contribution < -0.4 is 11.1 Å². The minimum Gasteiger partial charge on any atom is -0.364 e. The molecule has 1 aromatic heterocycles. The quantitative estimate of drug-likeness (QED) is 0.772. The summed E-state index contributed by atoms with van der Waals surface area (Å²) in [6.07, 6.45) is 2.82. The van der Waals surface area contributed by atoms with Crippen LogP contribution in [0.4, 0.5) is 0 Å². The maximum absolute atomic E-state index is 10.8. The Hall–Kier alpha value is -0.940. The van der Waals surface area contributed by atoms with Crippen molar-refractivity contribution in [1.82, 2.24) is 10.3 Å². The SMILES string of the molecule is CC(C)(C)CCNCc1cnc(C(N)=O)s1. The third-order valence-electron chi connectivity index (χ3n) is 2.12. The molecule has 0 spiro atoms. The molecule has 0 bridgehead atoms. The maximum Gasteiger partial charge on any atom is 0.277 e. The number of rotatable bonds is 5. The molecule has 0 aromatic carbocycles. The maximum atomic E-state index is 10.8. The van der Waals surface area contributed by atoms with Gasteiger partial charge in [-0.05, 0) is 18.4 Å². The number of hydrogen-bond acceptors (Lipinski definition) is 4. The van der Waals surface area contributed by atoms with Crippen LogP contribution in [0.3, 0.4) is 0 Å². The monoisotopic (exact) mass is 241 g/mol. The Morgan fingerprint density at radius 3 is 2.75 bits per heavy atom. The zero-order valence-electron chi connectivity index (χ0n) is 10.0. The molecule has 90 valence electrons. The molecule has 0 saturated heterocycles. The van der Waals surface area contributed by atoms with Gasteiger partial charge >= 0.3 is 0 Å². The predicted molar refractivity (Wildman–Crippen MR) is 66.4 cm³/mol. The van der Waals surface area contributed by atoms with Gasteiger partial charge in [0.1, 0.15) is 0 Å². The fourth-order valence-electron chi connectivity index (χ4n) is 1.18. The Kier molecular flexibility index (Phi) is 4.44. The van der Waals surface area contributed by atoms with Crippen molar-refractivity contribution < 1.29 is 4.79 Å². The molecule has 0 aliphatic heterocycles. The van der Waals surface area contributed by atoms with Gasteiger partial charge in [-0.15, -0.1) is 11.3 Å². The first-order chi connectivity index (χ1) is 7.38. The van der Waals surface area contributed by atoms with Crippen molar-refractivity contribution in [2.45, 2.75) is 33.7 Å². The molecule has 0 fully saturated rings. The molecule has 3 N–H and O–H groups in total. The zero-order chi connectivity index (χ0) is 12.2. The van der Waals surface area contributed by atoms with Gasteiger partial charge in [0, 0.05) is 17.6 Å². The molecule has 1 heterocycles. The lowest BCUT2D eigenvalue weighted by atomic mass is 9.92. The van der Waals surface area contributed by atoms with Crippen molar-refractivity contribution in [2.24, 2.45) is 11.1 Å². The zero-order valence-corrected chi connectivity index (χ0v) is 10.9. The predicted octanol–water partition coefficient (Wildman–Crippen LogP) is 1.77. The highest BCUT2D eigenvalue weighted by Crippen LogP contribution is 2.17. The lowest BCUT2D eigenvalue weighted by molar-refractivity contribution is 0.1000. The standard InChI is InChI=1S/C11H19N3OS/c1-11(2,3)4-5-13-6-8-7-14-10(16-8)9(12)15/h7,13H,4-6H2,1-3H3,(H2,12,15). The Morgan fingerprint density at radius 1 is 1.56 bits per heavy atom. The van der Waals surface area contributed by atoms with Crippen LogP contribution in [-0.2, 0) is 6.54 Å². The van der Waals surface area contributed by atoms with Crippen LogP contribution >= 0.6 is 11.3 Å². The van der Waals surface area contributed by atoms with Crippen LogP contribution in [0.2, 0.25) is 0 Å². The van der Waals surface area contributed by atoms with Crippen LogP contribution in [-0.4, -0.2) is 17.4 Å². The van der Waals surface area contributed by atoms with Gasteiger partial charge in [-0.25, -0.2) is 4.98 Å². The van der Waals surface area contributed by atoms with Gasteiger partial charge in [0.15, 0.2) is 5.01 Å². The van der Waals surface area contributed by atoms with Gasteiger partial charge in [-0.1, -0.05) is 20.8 Å². The Morgan fingerprint density at radius 2 is 2.25 bits per heavy atom. The third-order valence-corrected chi connectivity index (χ3v) is 3.13. The fraction of sp³-hybridized carbons (Fsp3) is 0.636. The number of nitrogens with zero attached hydrogens (tertiary/aromatic N) is 1. The summed E-state index contributed by atoms with van der Waals surface area (Å²) in [5, 5.41) is 3.71. The highest BCUT2D eigenvalue weighted by atomic mass is 32.1. The number of thiazole rings is 1. The molecule has 0 aliphatic rings. The van der Waals surface area contributed by atoms with E-state index in [2.05, 4.69) is 31.1 Å². The molecule has 0 aliphatic carbocycles. The van der Waals surface area contributed by atoms with E-state index in [4.69, 9.17) is 5.73 Å². The number of carbonyl (C=O) groups excluding carboxylic acids is 1. The molecule has 0 radical (unpaired) electrons. The van der Waals surface area contributed by atoms with E-state index in [0.717, 1.165) is 24.4 Å². The second-order valence-corrected chi connectivity index (χ2v) is 6.10. The normalized spacial score (nSPS) is 11.7. The molecule has 4 nitrogen and oxygen atoms in total. The van der Waals surface area contributed by atoms with E-state index in [0.29, 0.717) is 10.4 Å². The summed E-state index contributed by atoms with van der Waals surface area (Å²) in [6, 6.07) is 0. The first kappa shape index (κ1) is 13.1. The summed E-state index contributed by atoms with van der Waals surface area (Å²) in [6.45, 7) is 8.36. The minimum atomic E-state index is -0.453. The summed E-state index contributed by atoms with van der Waals surface area (Å²) in [5.41, 5.74) is 5.47. The number of hydrogen-bond donors (Lipinski definition) is 2. The number of amides is 1. The molecule has 16 heavy (non-hydrogen) atoms. The van der Waals surface area contributed by atoms with E-state index in [1.165, 1.54) is 11.3 Å². The summed E-state index contributed by atoms with van der Waals surface area (Å²) in [5.74, 6) is -0.453. The first-order valence-corrected chi connectivity index (χ1v) is 6.15. The van der Waals surface area contributed by atoms with Gasteiger partial charge in [-0.3, -0.25) is 4.79 Å². The summed E-state index contributed by atoms with van der Waals surface area (Å²) < 4.78 is 0. The Balaban J connectivity index is 2.30. The van der Waals surface area contributed by atoms with E-state index in [-0.39, 0.29) is 0 Å². The Labute approximate surface area is 100 Å². The number of primary amides is 1. The van der Waals surface area contributed by atoms with Gasteiger partial charge in [0.25, 0.3) is 5.91 Å². The van der Waals surface area contributed by atoms with Crippen molar-refractivity contribution in [3.05, 3.63) is 16.1 Å². The van der Waals surface area contributed by atoms with E-state index in [1.54, 1.807) is 6.20 Å². The largest absolute Gasteiger partial charge is 0.364 e. The topological polar surface area (TPSA) is 68.0 Å². The molecule has 0 atom stereocenters. The van der Waals surface area contributed by atoms with Gasteiger partial charge < -0.3 is 11.1 Å². The molecule has 5 heteroatoms. The van der Waals surface area contributed by atoms with E-state index in [9.17, 15) is 4.79 Å². The summed E-state index contributed by atoms with van der Waals surface area (Å²) >= 11 is 1.35. The van der Waals surface area contributed by atoms with Crippen LogP contribution in [0.25, 0.3) is 0 Å². The highest BCUT2D eigenvalue weighted by Gasteiger charge is 2.10. The van der Waals surface area contributed by atoms with E-state index >= 15 is 0 Å². The average molecular weight is 241 g/mol. The number of carbonyl (C=O) groups is 1. The van der Waals surface area contributed by atoms with Gasteiger partial charge in [-0.2, -0.15) is 0 Å². The van der Waals surface area contributed by atoms with Crippen molar-refractivity contribution >= 4 is 17.2 Å². The van der Waals surface area contributed by atoms with Crippen molar-refractivity contribution in [3.8, 4) is 0 Å². The van der Waals surface area contributed by atoms with Crippen LogP contribution in [0.5, 0.6) is 0 Å². The fourth-order valence-corrected chi connectivity index (χ4v) is 1.91. The van der Waals surface area contributed by atoms with Crippen LogP contribution in [0.15, 0.2) is 6.20 Å². The molecular weight excluding hydrogens is 222 g/mol. The minimum absolute atomic E-state index is 0.346. The molecule has 0 saturated carbocycles. The van der Waals surface area contributed by atoms with E-state index in [1.807, 2.05) is 0 Å². The molecule has 1 aromatic rings. The van der Waals surface area contributed by atoms with Crippen LogP contribution in [0, 0.1) is 5.41 Å². The first-order valence-electron chi connectivity index (χ1n) is 5.34. The molecular formula is C11H19N3OS. The second kappa shape index (κ2) is 5.41. The summed E-state index contributed by atoms with van der Waals surface area (Å²) in [4.78, 5) is 15.8. The number of nitrogens with one attached hydrogen (secondary N) is 1. The van der Waals surface area contributed by atoms with Crippen molar-refractivity contribution in [2.75, 3.05) is 6.54 Å². The highest BCUT2D eigenvalue weighted by molar-refractivity contribution is 7.13.